The van der Waals surface area contributed by atoms with Crippen molar-refractivity contribution in [2.24, 2.45) is 5.84 Å². The topological polar surface area (TPSA) is 76.4 Å². The molecule has 1 aromatic carbocycles. The zero-order valence-corrected chi connectivity index (χ0v) is 10.0. The highest BCUT2D eigenvalue weighted by Gasteiger charge is 2.07. The van der Waals surface area contributed by atoms with Gasteiger partial charge in [0.15, 0.2) is 0 Å². The fraction of sp³-hybridized carbons (Fsp3) is 0.417. The lowest BCUT2D eigenvalue weighted by molar-refractivity contribution is -0.120. The predicted octanol–water partition coefficient (Wildman–Crippen LogP) is 0.207. The molecule has 0 spiro atoms. The second-order valence-corrected chi connectivity index (χ2v) is 3.66. The van der Waals surface area contributed by atoms with Gasteiger partial charge in [0.25, 0.3) is 0 Å². The van der Waals surface area contributed by atoms with Crippen LogP contribution in [0.3, 0.4) is 0 Å². The van der Waals surface area contributed by atoms with Gasteiger partial charge in [-0.05, 0) is 26.1 Å². The average Bonchev–Trinajstić information content (AvgIpc) is 2.36. The summed E-state index contributed by atoms with van der Waals surface area (Å²) < 4.78 is 5.62. The fourth-order valence-corrected chi connectivity index (χ4v) is 1.45. The van der Waals surface area contributed by atoms with Gasteiger partial charge in [-0.25, -0.2) is 5.84 Å². The van der Waals surface area contributed by atoms with Crippen LogP contribution in [-0.2, 0) is 11.2 Å². The van der Waals surface area contributed by atoms with Gasteiger partial charge in [-0.2, -0.15) is 0 Å². The van der Waals surface area contributed by atoms with Gasteiger partial charge < -0.3 is 10.1 Å². The lowest BCUT2D eigenvalue weighted by Crippen LogP contribution is -2.31. The Bertz CT molecular complexity index is 355. The zero-order chi connectivity index (χ0) is 12.5. The number of nitrogens with two attached hydrogens (primary N) is 1. The number of amides is 1. The van der Waals surface area contributed by atoms with Gasteiger partial charge in [-0.15, -0.1) is 0 Å². The molecule has 0 fully saturated rings. The van der Waals surface area contributed by atoms with Crippen LogP contribution in [0.15, 0.2) is 24.3 Å². The Hall–Kier alpha value is -1.59. The van der Waals surface area contributed by atoms with Crippen LogP contribution in [0.2, 0.25) is 0 Å². The van der Waals surface area contributed by atoms with E-state index in [1.807, 2.05) is 31.3 Å². The summed E-state index contributed by atoms with van der Waals surface area (Å²) in [6.45, 7) is 1.54. The molecule has 1 aromatic rings. The van der Waals surface area contributed by atoms with Gasteiger partial charge in [-0.1, -0.05) is 18.2 Å². The van der Waals surface area contributed by atoms with E-state index >= 15 is 0 Å². The number of benzene rings is 1. The van der Waals surface area contributed by atoms with Gasteiger partial charge in [0.1, 0.15) is 5.75 Å². The first-order chi connectivity index (χ1) is 8.27. The zero-order valence-electron chi connectivity index (χ0n) is 10.0. The first-order valence-electron chi connectivity index (χ1n) is 5.62. The van der Waals surface area contributed by atoms with Crippen molar-refractivity contribution in [3.05, 3.63) is 29.8 Å². The number of hydrogen-bond donors (Lipinski definition) is 3. The maximum absolute atomic E-state index is 11.2. The molecule has 0 atom stereocenters. The molecule has 5 heteroatoms. The number of hydrazine groups is 1. The van der Waals surface area contributed by atoms with Crippen LogP contribution in [0.25, 0.3) is 0 Å². The molecular formula is C12H19N3O2. The third-order valence-electron chi connectivity index (χ3n) is 2.31. The summed E-state index contributed by atoms with van der Waals surface area (Å²) in [6, 6.07) is 7.48. The quantitative estimate of drug-likeness (QED) is 0.274. The number of nitrogens with one attached hydrogen (secondary N) is 2. The second kappa shape index (κ2) is 7.65. The number of para-hydroxylation sites is 1. The van der Waals surface area contributed by atoms with Crippen molar-refractivity contribution in [3.63, 3.8) is 0 Å². The molecule has 1 amide bonds. The van der Waals surface area contributed by atoms with Crippen LogP contribution in [0.5, 0.6) is 5.75 Å². The van der Waals surface area contributed by atoms with Crippen LogP contribution in [0.4, 0.5) is 0 Å². The fourth-order valence-electron chi connectivity index (χ4n) is 1.45. The predicted molar refractivity (Wildman–Crippen MR) is 66.5 cm³/mol. The Morgan fingerprint density at radius 1 is 1.41 bits per heavy atom. The molecular weight excluding hydrogens is 218 g/mol. The largest absolute Gasteiger partial charge is 0.493 e. The van der Waals surface area contributed by atoms with Crippen LogP contribution in [0, 0.1) is 0 Å². The molecule has 0 saturated heterocycles. The van der Waals surface area contributed by atoms with E-state index in [2.05, 4.69) is 10.7 Å². The van der Waals surface area contributed by atoms with Crippen LogP contribution in [0.1, 0.15) is 12.0 Å². The lowest BCUT2D eigenvalue weighted by Gasteiger charge is -2.10. The molecule has 94 valence electrons. The van der Waals surface area contributed by atoms with Gasteiger partial charge >= 0.3 is 0 Å². The van der Waals surface area contributed by atoms with Crippen LogP contribution in [-0.4, -0.2) is 26.1 Å². The Morgan fingerprint density at radius 3 is 2.88 bits per heavy atom. The average molecular weight is 237 g/mol. The highest BCUT2D eigenvalue weighted by molar-refractivity contribution is 5.78. The molecule has 0 radical (unpaired) electrons. The summed E-state index contributed by atoms with van der Waals surface area (Å²) in [6.07, 6.45) is 1.16. The number of carbonyl (C=O) groups excluding carboxylic acids is 1. The number of hydrogen-bond acceptors (Lipinski definition) is 4. The van der Waals surface area contributed by atoms with E-state index in [9.17, 15) is 4.79 Å². The van der Waals surface area contributed by atoms with Gasteiger partial charge in [0.05, 0.1) is 13.0 Å². The minimum Gasteiger partial charge on any atom is -0.493 e. The van der Waals surface area contributed by atoms with Crippen molar-refractivity contribution < 1.29 is 9.53 Å². The molecule has 0 aromatic heterocycles. The molecule has 5 nitrogen and oxygen atoms in total. The maximum atomic E-state index is 11.2. The van der Waals surface area contributed by atoms with Crippen molar-refractivity contribution in [3.8, 4) is 5.75 Å². The molecule has 1 rings (SSSR count). The smallest absolute Gasteiger partial charge is 0.238 e. The lowest BCUT2D eigenvalue weighted by atomic mass is 10.1. The van der Waals surface area contributed by atoms with Crippen molar-refractivity contribution in [1.29, 1.82) is 0 Å². The Labute approximate surface area is 101 Å². The number of rotatable bonds is 7. The summed E-state index contributed by atoms with van der Waals surface area (Å²) >= 11 is 0. The highest BCUT2D eigenvalue weighted by Crippen LogP contribution is 2.18. The first kappa shape index (κ1) is 13.5. The van der Waals surface area contributed by atoms with E-state index in [0.717, 1.165) is 24.3 Å². The molecule has 0 saturated carbocycles. The second-order valence-electron chi connectivity index (χ2n) is 3.66. The van der Waals surface area contributed by atoms with Gasteiger partial charge in [0.2, 0.25) is 5.91 Å². The molecule has 4 N–H and O–H groups in total. The minimum absolute atomic E-state index is 0.226. The molecule has 17 heavy (non-hydrogen) atoms. The van der Waals surface area contributed by atoms with E-state index in [1.54, 1.807) is 0 Å². The van der Waals surface area contributed by atoms with E-state index < -0.39 is 0 Å². The normalized spacial score (nSPS) is 10.0. The van der Waals surface area contributed by atoms with Gasteiger partial charge in [0, 0.05) is 5.56 Å². The summed E-state index contributed by atoms with van der Waals surface area (Å²) in [5.74, 6) is 5.58. The molecule has 0 bridgehead atoms. The molecule has 0 aliphatic heterocycles. The van der Waals surface area contributed by atoms with E-state index in [0.29, 0.717) is 6.61 Å². The summed E-state index contributed by atoms with van der Waals surface area (Å²) in [5, 5.41) is 3.05. The highest BCUT2D eigenvalue weighted by atomic mass is 16.5. The van der Waals surface area contributed by atoms with Crippen molar-refractivity contribution >= 4 is 5.91 Å². The Kier molecular flexibility index (Phi) is 6.06. The first-order valence-corrected chi connectivity index (χ1v) is 5.62. The van der Waals surface area contributed by atoms with Crippen molar-refractivity contribution in [2.75, 3.05) is 20.2 Å². The Balaban J connectivity index is 2.54. The summed E-state index contributed by atoms with van der Waals surface area (Å²) in [7, 11) is 1.90. The molecule has 0 heterocycles. The van der Waals surface area contributed by atoms with Crippen LogP contribution < -0.4 is 21.3 Å². The van der Waals surface area contributed by atoms with Crippen molar-refractivity contribution in [1.82, 2.24) is 10.7 Å². The van der Waals surface area contributed by atoms with Crippen LogP contribution >= 0.6 is 0 Å². The van der Waals surface area contributed by atoms with E-state index in [-0.39, 0.29) is 12.3 Å². The number of carbonyl (C=O) groups is 1. The maximum Gasteiger partial charge on any atom is 0.238 e. The van der Waals surface area contributed by atoms with E-state index in [1.165, 1.54) is 0 Å². The number of ether oxygens (including phenoxy) is 1. The summed E-state index contributed by atoms with van der Waals surface area (Å²) in [5.41, 5.74) is 2.96. The third-order valence-corrected chi connectivity index (χ3v) is 2.31. The van der Waals surface area contributed by atoms with E-state index in [4.69, 9.17) is 10.6 Å². The third kappa shape index (κ3) is 4.84. The molecule has 0 aliphatic rings. The van der Waals surface area contributed by atoms with Gasteiger partial charge in [-0.3, -0.25) is 10.2 Å². The SMILES string of the molecule is CNCCCOc1ccccc1CC(=O)NN. The molecule has 0 unspecified atom stereocenters. The van der Waals surface area contributed by atoms with Crippen molar-refractivity contribution in [2.45, 2.75) is 12.8 Å². The summed E-state index contributed by atoms with van der Waals surface area (Å²) in [4.78, 5) is 11.2. The Morgan fingerprint density at radius 2 is 2.18 bits per heavy atom. The standard InChI is InChI=1S/C12H19N3O2/c1-14-7-4-8-17-11-6-3-2-5-10(11)9-12(16)15-13/h2-3,5-6,14H,4,7-9,13H2,1H3,(H,15,16). The molecule has 0 aliphatic carbocycles. The minimum atomic E-state index is -0.226. The monoisotopic (exact) mass is 237 g/mol.